The van der Waals surface area contributed by atoms with Crippen LogP contribution in [0.15, 0.2) is 40.9 Å². The van der Waals surface area contributed by atoms with Gasteiger partial charge in [-0.1, -0.05) is 12.1 Å². The van der Waals surface area contributed by atoms with Crippen molar-refractivity contribution in [2.24, 2.45) is 0 Å². The summed E-state index contributed by atoms with van der Waals surface area (Å²) in [6, 6.07) is 4.27. The number of phenols is 1. The number of carbonyl (C=O) groups is 2. The number of hydrogen-bond acceptors (Lipinski definition) is 4. The van der Waals surface area contributed by atoms with Crippen LogP contribution in [0.5, 0.6) is 5.75 Å². The first-order chi connectivity index (χ1) is 14.4. The summed E-state index contributed by atoms with van der Waals surface area (Å²) in [5, 5.41) is 21.4. The van der Waals surface area contributed by atoms with E-state index in [9.17, 15) is 41.8 Å². The molecule has 1 aliphatic heterocycles. The van der Waals surface area contributed by atoms with E-state index in [0.717, 1.165) is 17.8 Å². The number of phenolic OH excluding ortho intramolecular Hbond substituents is 1. The highest BCUT2D eigenvalue weighted by Crippen LogP contribution is 2.42. The molecule has 164 valence electrons. The van der Waals surface area contributed by atoms with Gasteiger partial charge in [0.25, 0.3) is 5.91 Å². The Bertz CT molecular complexity index is 1110. The summed E-state index contributed by atoms with van der Waals surface area (Å²) in [5.41, 5.74) is -2.23. The SMILES string of the molecule is Cc1ccc(C2CSC(NC(=O)c3ccc(C(F)(F)F)cc3O)=C2C(=O)O)c(F)c1F. The van der Waals surface area contributed by atoms with Crippen molar-refractivity contribution in [2.75, 3.05) is 5.75 Å². The van der Waals surface area contributed by atoms with E-state index in [1.54, 1.807) is 0 Å². The topological polar surface area (TPSA) is 86.6 Å². The third kappa shape index (κ3) is 4.36. The first-order valence-corrected chi connectivity index (χ1v) is 9.66. The van der Waals surface area contributed by atoms with Crippen molar-refractivity contribution < 1.29 is 41.8 Å². The lowest BCUT2D eigenvalue weighted by Crippen LogP contribution is -2.24. The van der Waals surface area contributed by atoms with Crippen LogP contribution in [-0.2, 0) is 11.0 Å². The number of amides is 1. The van der Waals surface area contributed by atoms with Gasteiger partial charge in [-0.3, -0.25) is 4.79 Å². The smallest absolute Gasteiger partial charge is 0.416 e. The molecule has 31 heavy (non-hydrogen) atoms. The average Bonchev–Trinajstić information content (AvgIpc) is 3.08. The number of rotatable bonds is 4. The normalized spacial score (nSPS) is 16.5. The van der Waals surface area contributed by atoms with Crippen LogP contribution in [0.3, 0.4) is 0 Å². The molecule has 0 fully saturated rings. The highest BCUT2D eigenvalue weighted by Gasteiger charge is 2.36. The van der Waals surface area contributed by atoms with Crippen molar-refractivity contribution in [1.29, 1.82) is 0 Å². The Morgan fingerprint density at radius 2 is 1.81 bits per heavy atom. The van der Waals surface area contributed by atoms with Crippen molar-refractivity contribution in [1.82, 2.24) is 5.32 Å². The third-order valence-electron chi connectivity index (χ3n) is 4.70. The Hall–Kier alpha value is -3.08. The molecule has 0 saturated carbocycles. The molecule has 0 bridgehead atoms. The van der Waals surface area contributed by atoms with E-state index in [1.807, 2.05) is 0 Å². The fourth-order valence-electron chi connectivity index (χ4n) is 3.08. The first kappa shape index (κ1) is 22.6. The molecular weight excluding hydrogens is 445 g/mol. The predicted molar refractivity (Wildman–Crippen MR) is 102 cm³/mol. The zero-order valence-corrected chi connectivity index (χ0v) is 16.5. The molecule has 0 saturated heterocycles. The Labute approximate surface area is 176 Å². The molecular formula is C20H14F5NO4S. The van der Waals surface area contributed by atoms with Crippen molar-refractivity contribution in [2.45, 2.75) is 19.0 Å². The molecule has 1 amide bonds. The van der Waals surface area contributed by atoms with Gasteiger partial charge in [0, 0.05) is 11.7 Å². The molecule has 5 nitrogen and oxygen atoms in total. The van der Waals surface area contributed by atoms with Gasteiger partial charge in [0.15, 0.2) is 11.6 Å². The molecule has 3 N–H and O–H groups in total. The summed E-state index contributed by atoms with van der Waals surface area (Å²) in [7, 11) is 0. The number of hydrogen-bond donors (Lipinski definition) is 3. The van der Waals surface area contributed by atoms with Crippen molar-refractivity contribution in [3.05, 3.63) is 74.8 Å². The second-order valence-corrected chi connectivity index (χ2v) is 7.73. The third-order valence-corrected chi connectivity index (χ3v) is 5.81. The number of alkyl halides is 3. The van der Waals surface area contributed by atoms with Crippen LogP contribution in [0.4, 0.5) is 22.0 Å². The molecule has 3 rings (SSSR count). The van der Waals surface area contributed by atoms with Crippen LogP contribution < -0.4 is 5.32 Å². The number of carboxylic acids is 1. The molecule has 1 aliphatic rings. The minimum Gasteiger partial charge on any atom is -0.507 e. The number of benzene rings is 2. The Balaban J connectivity index is 1.94. The van der Waals surface area contributed by atoms with Gasteiger partial charge in [0.1, 0.15) is 5.75 Å². The van der Waals surface area contributed by atoms with Gasteiger partial charge in [0.2, 0.25) is 0 Å². The number of aromatic hydroxyl groups is 1. The van der Waals surface area contributed by atoms with Crippen LogP contribution in [0.2, 0.25) is 0 Å². The molecule has 1 heterocycles. The van der Waals surface area contributed by atoms with E-state index in [-0.39, 0.29) is 21.9 Å². The molecule has 0 aliphatic carbocycles. The number of aryl methyl sites for hydroxylation is 1. The van der Waals surface area contributed by atoms with Gasteiger partial charge in [0.05, 0.1) is 21.7 Å². The number of thioether (sulfide) groups is 1. The number of nitrogens with one attached hydrogen (secondary N) is 1. The van der Waals surface area contributed by atoms with E-state index in [1.165, 1.54) is 19.1 Å². The van der Waals surface area contributed by atoms with Crippen molar-refractivity contribution >= 4 is 23.6 Å². The highest BCUT2D eigenvalue weighted by molar-refractivity contribution is 8.03. The average molecular weight is 459 g/mol. The Kier molecular flexibility index (Phi) is 5.99. The summed E-state index contributed by atoms with van der Waals surface area (Å²) in [6.07, 6.45) is -4.73. The quantitative estimate of drug-likeness (QED) is 0.584. The molecule has 1 unspecified atom stereocenters. The lowest BCUT2D eigenvalue weighted by Gasteiger charge is -2.14. The molecule has 0 spiro atoms. The van der Waals surface area contributed by atoms with Crippen molar-refractivity contribution in [3.8, 4) is 5.75 Å². The molecule has 11 heteroatoms. The van der Waals surface area contributed by atoms with Gasteiger partial charge >= 0.3 is 12.1 Å². The van der Waals surface area contributed by atoms with Crippen LogP contribution >= 0.6 is 11.8 Å². The van der Waals surface area contributed by atoms with Crippen LogP contribution in [0.1, 0.15) is 33.0 Å². The monoisotopic (exact) mass is 459 g/mol. The Morgan fingerprint density at radius 1 is 1.13 bits per heavy atom. The maximum absolute atomic E-state index is 14.4. The first-order valence-electron chi connectivity index (χ1n) is 8.68. The van der Waals surface area contributed by atoms with Gasteiger partial charge in [-0.15, -0.1) is 11.8 Å². The predicted octanol–water partition coefficient (Wildman–Crippen LogP) is 4.55. The van der Waals surface area contributed by atoms with Crippen molar-refractivity contribution in [3.63, 3.8) is 0 Å². The lowest BCUT2D eigenvalue weighted by atomic mass is 9.92. The van der Waals surface area contributed by atoms with E-state index in [4.69, 9.17) is 0 Å². The minimum atomic E-state index is -4.73. The fourth-order valence-corrected chi connectivity index (χ4v) is 4.31. The molecule has 0 radical (unpaired) electrons. The minimum absolute atomic E-state index is 0.0182. The largest absolute Gasteiger partial charge is 0.507 e. The highest BCUT2D eigenvalue weighted by atomic mass is 32.2. The number of halogens is 5. The van der Waals surface area contributed by atoms with E-state index in [2.05, 4.69) is 5.32 Å². The molecule has 1 atom stereocenters. The van der Waals surface area contributed by atoms with Crippen LogP contribution in [0.25, 0.3) is 0 Å². The zero-order chi connectivity index (χ0) is 23.1. The number of carboxylic acid groups (broad SMARTS) is 1. The summed E-state index contributed by atoms with van der Waals surface area (Å²) in [5.74, 6) is -6.89. The summed E-state index contributed by atoms with van der Waals surface area (Å²) in [6.45, 7) is 1.35. The second kappa shape index (κ2) is 8.22. The Morgan fingerprint density at radius 3 is 2.39 bits per heavy atom. The fraction of sp³-hybridized carbons (Fsp3) is 0.200. The van der Waals surface area contributed by atoms with Crippen LogP contribution in [0, 0.1) is 18.6 Å². The lowest BCUT2D eigenvalue weighted by molar-refractivity contribution is -0.137. The van der Waals surface area contributed by atoms with E-state index in [0.29, 0.717) is 12.1 Å². The maximum Gasteiger partial charge on any atom is 0.416 e. The van der Waals surface area contributed by atoms with Gasteiger partial charge in [-0.2, -0.15) is 13.2 Å². The summed E-state index contributed by atoms with van der Waals surface area (Å²) >= 11 is 0.853. The van der Waals surface area contributed by atoms with E-state index < -0.39 is 58.1 Å². The van der Waals surface area contributed by atoms with Gasteiger partial charge < -0.3 is 15.5 Å². The number of carbonyl (C=O) groups excluding carboxylic acids is 1. The van der Waals surface area contributed by atoms with E-state index >= 15 is 0 Å². The standard InChI is InChI=1S/C20H14F5NO4S/c1-8-2-4-10(16(22)15(8)21)12-7-31-18(14(12)19(29)30)26-17(28)11-5-3-9(6-13(11)27)20(23,24)25/h2-6,12,27H,7H2,1H3,(H,26,28)(H,29,30). The molecule has 0 aromatic heterocycles. The molecule has 2 aromatic rings. The summed E-state index contributed by atoms with van der Waals surface area (Å²) < 4.78 is 66.5. The van der Waals surface area contributed by atoms with Crippen LogP contribution in [-0.4, -0.2) is 27.8 Å². The zero-order valence-electron chi connectivity index (χ0n) is 15.7. The van der Waals surface area contributed by atoms with Gasteiger partial charge in [-0.05, 0) is 36.2 Å². The number of aliphatic carboxylic acids is 1. The molecule has 2 aromatic carbocycles. The summed E-state index contributed by atoms with van der Waals surface area (Å²) in [4.78, 5) is 24.2. The maximum atomic E-state index is 14.4. The second-order valence-electron chi connectivity index (χ2n) is 6.70. The van der Waals surface area contributed by atoms with Gasteiger partial charge in [-0.25, -0.2) is 13.6 Å².